The Bertz CT molecular complexity index is 663. The molecule has 0 atom stereocenters. The number of benzene rings is 1. The van der Waals surface area contributed by atoms with Crippen molar-refractivity contribution in [1.82, 2.24) is 0 Å². The maximum Gasteiger partial charge on any atom is 0.336 e. The Morgan fingerprint density at radius 3 is 2.37 bits per heavy atom. The lowest BCUT2D eigenvalue weighted by molar-refractivity contribution is 0.349. The van der Waals surface area contributed by atoms with Gasteiger partial charge < -0.3 is 4.42 Å². The van der Waals surface area contributed by atoms with E-state index in [-0.39, 0.29) is 11.0 Å². The molecule has 0 aliphatic rings. The van der Waals surface area contributed by atoms with Gasteiger partial charge in [-0.1, -0.05) is 27.2 Å². The van der Waals surface area contributed by atoms with Crippen molar-refractivity contribution >= 4 is 11.0 Å². The molecule has 2 nitrogen and oxygen atoms in total. The molecule has 0 aliphatic heterocycles. The number of hydrogen-bond acceptors (Lipinski definition) is 2. The van der Waals surface area contributed by atoms with E-state index in [9.17, 15) is 4.79 Å². The number of fused-ring (bicyclic) bond motifs is 1. The Balaban J connectivity index is 2.66. The largest absolute Gasteiger partial charge is 0.423 e. The maximum absolute atomic E-state index is 11.7. The third-order valence-electron chi connectivity index (χ3n) is 4.07. The number of aryl methyl sites for hydroxylation is 2. The van der Waals surface area contributed by atoms with Crippen molar-refractivity contribution in [3.63, 3.8) is 0 Å². The molecule has 0 amide bonds. The molecule has 0 fully saturated rings. The second kappa shape index (κ2) is 4.84. The van der Waals surface area contributed by atoms with E-state index < -0.39 is 0 Å². The Kier molecular flexibility index (Phi) is 3.53. The predicted octanol–water partition coefficient (Wildman–Crippen LogP) is 4.39. The summed E-state index contributed by atoms with van der Waals surface area (Å²) in [5.74, 6) is 0. The second-order valence-corrected chi connectivity index (χ2v) is 6.22. The van der Waals surface area contributed by atoms with Gasteiger partial charge in [0.2, 0.25) is 0 Å². The molecule has 0 unspecified atom stereocenters. The van der Waals surface area contributed by atoms with E-state index in [2.05, 4.69) is 33.8 Å². The summed E-state index contributed by atoms with van der Waals surface area (Å²) in [6, 6.07) is 5.75. The fraction of sp³-hybridized carbons (Fsp3) is 0.471. The standard InChI is InChI=1S/C17H22O2/c1-6-17(4,5)10-13-9-16(18)19-15-8-12(3)11(2)7-14(13)15/h7-9H,6,10H2,1-5H3. The molecule has 1 heterocycles. The maximum atomic E-state index is 11.7. The quantitative estimate of drug-likeness (QED) is 0.764. The van der Waals surface area contributed by atoms with Gasteiger partial charge in [-0.15, -0.1) is 0 Å². The summed E-state index contributed by atoms with van der Waals surface area (Å²) in [4.78, 5) is 11.7. The van der Waals surface area contributed by atoms with E-state index in [0.717, 1.165) is 29.4 Å². The molecule has 0 spiro atoms. The third kappa shape index (κ3) is 2.89. The zero-order valence-corrected chi connectivity index (χ0v) is 12.5. The molecule has 2 rings (SSSR count). The Hall–Kier alpha value is -1.57. The van der Waals surface area contributed by atoms with Crippen LogP contribution in [0.25, 0.3) is 11.0 Å². The first-order chi connectivity index (χ1) is 8.82. The fourth-order valence-electron chi connectivity index (χ4n) is 2.27. The zero-order chi connectivity index (χ0) is 14.2. The highest BCUT2D eigenvalue weighted by Crippen LogP contribution is 2.29. The van der Waals surface area contributed by atoms with Crippen LogP contribution in [0.5, 0.6) is 0 Å². The van der Waals surface area contributed by atoms with Gasteiger partial charge in [-0.05, 0) is 54.5 Å². The Morgan fingerprint density at radius 1 is 1.11 bits per heavy atom. The van der Waals surface area contributed by atoms with Crippen molar-refractivity contribution in [2.45, 2.75) is 47.5 Å². The molecule has 2 heteroatoms. The summed E-state index contributed by atoms with van der Waals surface area (Å²) in [6.07, 6.45) is 1.98. The van der Waals surface area contributed by atoms with Gasteiger partial charge in [0, 0.05) is 11.5 Å². The van der Waals surface area contributed by atoms with Crippen LogP contribution in [0.15, 0.2) is 27.4 Å². The van der Waals surface area contributed by atoms with Crippen LogP contribution in [0.3, 0.4) is 0 Å². The van der Waals surface area contributed by atoms with Gasteiger partial charge in [0.25, 0.3) is 0 Å². The van der Waals surface area contributed by atoms with E-state index in [1.54, 1.807) is 6.07 Å². The predicted molar refractivity (Wildman–Crippen MR) is 79.7 cm³/mol. The van der Waals surface area contributed by atoms with Crippen LogP contribution in [0.2, 0.25) is 0 Å². The van der Waals surface area contributed by atoms with Crippen molar-refractivity contribution in [2.75, 3.05) is 0 Å². The van der Waals surface area contributed by atoms with Crippen LogP contribution < -0.4 is 5.63 Å². The van der Waals surface area contributed by atoms with E-state index >= 15 is 0 Å². The van der Waals surface area contributed by atoms with Gasteiger partial charge >= 0.3 is 5.63 Å². The smallest absolute Gasteiger partial charge is 0.336 e. The summed E-state index contributed by atoms with van der Waals surface area (Å²) in [5.41, 5.74) is 4.13. The van der Waals surface area contributed by atoms with E-state index in [4.69, 9.17) is 4.42 Å². The first-order valence-electron chi connectivity index (χ1n) is 6.86. The average molecular weight is 258 g/mol. The summed E-state index contributed by atoms with van der Waals surface area (Å²) in [5, 5.41) is 1.07. The minimum atomic E-state index is -0.252. The third-order valence-corrected chi connectivity index (χ3v) is 4.07. The van der Waals surface area contributed by atoms with Crippen LogP contribution in [0, 0.1) is 19.3 Å². The minimum Gasteiger partial charge on any atom is -0.423 e. The van der Waals surface area contributed by atoms with Crippen molar-refractivity contribution in [1.29, 1.82) is 0 Å². The highest BCUT2D eigenvalue weighted by atomic mass is 16.4. The first kappa shape index (κ1) is 13.9. The van der Waals surface area contributed by atoms with Gasteiger partial charge in [-0.25, -0.2) is 4.79 Å². The van der Waals surface area contributed by atoms with Crippen molar-refractivity contribution in [3.05, 3.63) is 45.3 Å². The number of hydrogen-bond donors (Lipinski definition) is 0. The molecule has 2 aromatic rings. The van der Waals surface area contributed by atoms with Crippen LogP contribution in [0.1, 0.15) is 43.9 Å². The monoisotopic (exact) mass is 258 g/mol. The van der Waals surface area contributed by atoms with Crippen LogP contribution >= 0.6 is 0 Å². The van der Waals surface area contributed by atoms with Gasteiger partial charge in [0.1, 0.15) is 5.58 Å². The van der Waals surface area contributed by atoms with Crippen LogP contribution in [-0.2, 0) is 6.42 Å². The van der Waals surface area contributed by atoms with E-state index in [1.165, 1.54) is 5.56 Å². The fourth-order valence-corrected chi connectivity index (χ4v) is 2.27. The van der Waals surface area contributed by atoms with Gasteiger partial charge in [0.05, 0.1) is 0 Å². The molecule has 0 aliphatic carbocycles. The summed E-state index contributed by atoms with van der Waals surface area (Å²) >= 11 is 0. The molecule has 0 saturated heterocycles. The summed E-state index contributed by atoms with van der Waals surface area (Å²) in [7, 11) is 0. The van der Waals surface area contributed by atoms with Crippen LogP contribution in [-0.4, -0.2) is 0 Å². The molecule has 19 heavy (non-hydrogen) atoms. The molecular weight excluding hydrogens is 236 g/mol. The minimum absolute atomic E-state index is 0.194. The summed E-state index contributed by atoms with van der Waals surface area (Å²) < 4.78 is 5.33. The van der Waals surface area contributed by atoms with Gasteiger partial charge in [-0.2, -0.15) is 0 Å². The van der Waals surface area contributed by atoms with E-state index in [1.807, 2.05) is 13.0 Å². The van der Waals surface area contributed by atoms with Crippen molar-refractivity contribution in [2.24, 2.45) is 5.41 Å². The molecule has 1 aromatic heterocycles. The average Bonchev–Trinajstić information content (AvgIpc) is 2.31. The van der Waals surface area contributed by atoms with E-state index in [0.29, 0.717) is 5.58 Å². The molecule has 1 aromatic carbocycles. The lowest BCUT2D eigenvalue weighted by Gasteiger charge is -2.23. The molecule has 0 radical (unpaired) electrons. The topological polar surface area (TPSA) is 30.2 Å². The number of rotatable bonds is 3. The molecule has 0 N–H and O–H groups in total. The highest BCUT2D eigenvalue weighted by molar-refractivity contribution is 5.82. The normalized spacial score (nSPS) is 12.1. The SMILES string of the molecule is CCC(C)(C)Cc1cc(=O)oc2cc(C)c(C)cc12. The Labute approximate surface area is 114 Å². The van der Waals surface area contributed by atoms with Gasteiger partial charge in [0.15, 0.2) is 0 Å². The molecule has 0 saturated carbocycles. The first-order valence-corrected chi connectivity index (χ1v) is 6.86. The molecule has 102 valence electrons. The zero-order valence-electron chi connectivity index (χ0n) is 12.5. The lowest BCUT2D eigenvalue weighted by Crippen LogP contribution is -2.15. The second-order valence-electron chi connectivity index (χ2n) is 6.22. The molecule has 0 bridgehead atoms. The lowest BCUT2D eigenvalue weighted by atomic mass is 9.82. The molecular formula is C17H22O2. The van der Waals surface area contributed by atoms with Crippen LogP contribution in [0.4, 0.5) is 0 Å². The Morgan fingerprint density at radius 2 is 1.74 bits per heavy atom. The van der Waals surface area contributed by atoms with Gasteiger partial charge in [-0.3, -0.25) is 0 Å². The van der Waals surface area contributed by atoms with Crippen molar-refractivity contribution in [3.8, 4) is 0 Å². The highest BCUT2D eigenvalue weighted by Gasteiger charge is 2.18. The van der Waals surface area contributed by atoms with Crippen molar-refractivity contribution < 1.29 is 4.42 Å². The summed E-state index contributed by atoms with van der Waals surface area (Å²) in [6.45, 7) is 10.8.